The van der Waals surface area contributed by atoms with E-state index in [4.69, 9.17) is 31.5 Å². The van der Waals surface area contributed by atoms with Gasteiger partial charge in [-0.2, -0.15) is 0 Å². The van der Waals surface area contributed by atoms with E-state index in [1.54, 1.807) is 25.6 Å². The van der Waals surface area contributed by atoms with Crippen LogP contribution in [0, 0.1) is 4.77 Å². The molecule has 1 atom stereocenters. The van der Waals surface area contributed by atoms with Crippen molar-refractivity contribution in [2.75, 3.05) is 27.9 Å². The first-order valence-corrected chi connectivity index (χ1v) is 11.6. The molecule has 0 unspecified atom stereocenters. The van der Waals surface area contributed by atoms with Gasteiger partial charge in [0.1, 0.15) is 0 Å². The van der Waals surface area contributed by atoms with Gasteiger partial charge in [-0.3, -0.25) is 9.47 Å². The van der Waals surface area contributed by atoms with E-state index in [-0.39, 0.29) is 6.10 Å². The minimum absolute atomic E-state index is 0.201. The summed E-state index contributed by atoms with van der Waals surface area (Å²) in [6.07, 6.45) is 2.37. The van der Waals surface area contributed by atoms with Crippen LogP contribution in [0.4, 0.5) is 0 Å². The Bertz CT molecular complexity index is 1060. The number of hydrogen-bond donors (Lipinski definition) is 0. The Balaban J connectivity index is 1.54. The zero-order valence-electron chi connectivity index (χ0n) is 18.1. The Kier molecular flexibility index (Phi) is 7.06. The maximum atomic E-state index is 5.86. The maximum Gasteiger partial charge on any atom is 0.199 e. The summed E-state index contributed by atoms with van der Waals surface area (Å²) in [5, 5.41) is 6.95. The lowest BCUT2D eigenvalue weighted by Crippen LogP contribution is -2.23. The molecule has 0 spiro atoms. The number of nitrogens with zero attached hydrogens (tertiary/aromatic N) is 4. The number of methoxy groups -OCH3 is 2. The Morgan fingerprint density at radius 3 is 2.77 bits per heavy atom. The Hall–Kier alpha value is -2.20. The van der Waals surface area contributed by atoms with Gasteiger partial charge in [0.05, 0.1) is 38.4 Å². The number of benzene rings is 1. The molecule has 0 radical (unpaired) electrons. The molecule has 1 aliphatic rings. The fraction of sp³-hybridized carbons (Fsp3) is 0.455. The maximum absolute atomic E-state index is 5.86. The number of rotatable bonds is 9. The molecule has 1 aliphatic heterocycles. The summed E-state index contributed by atoms with van der Waals surface area (Å²) in [7, 11) is 5.35. The van der Waals surface area contributed by atoms with Crippen LogP contribution in [-0.2, 0) is 24.5 Å². The van der Waals surface area contributed by atoms with Crippen LogP contribution in [0.3, 0.4) is 0 Å². The summed E-state index contributed by atoms with van der Waals surface area (Å²) >= 11 is 7.50. The van der Waals surface area contributed by atoms with E-state index >= 15 is 0 Å². The topological polar surface area (TPSA) is 53.7 Å². The lowest BCUT2D eigenvalue weighted by atomic mass is 10.2. The van der Waals surface area contributed by atoms with Crippen molar-refractivity contribution >= 4 is 23.6 Å². The molecule has 0 aliphatic carbocycles. The third-order valence-corrected chi connectivity index (χ3v) is 6.65. The van der Waals surface area contributed by atoms with Crippen LogP contribution < -0.4 is 9.47 Å². The van der Waals surface area contributed by atoms with Crippen molar-refractivity contribution in [2.45, 2.75) is 38.7 Å². The highest BCUT2D eigenvalue weighted by atomic mass is 32.1. The van der Waals surface area contributed by atoms with E-state index in [0.717, 1.165) is 65.1 Å². The third-order valence-electron chi connectivity index (χ3n) is 5.35. The van der Waals surface area contributed by atoms with Gasteiger partial charge >= 0.3 is 0 Å². The average Bonchev–Trinajstić information content (AvgIpc) is 3.53. The van der Waals surface area contributed by atoms with E-state index in [9.17, 15) is 0 Å². The van der Waals surface area contributed by atoms with Gasteiger partial charge in [0.2, 0.25) is 0 Å². The lowest BCUT2D eigenvalue weighted by Gasteiger charge is -2.17. The molecule has 1 fully saturated rings. The summed E-state index contributed by atoms with van der Waals surface area (Å²) < 4.78 is 21.4. The van der Waals surface area contributed by atoms with Crippen molar-refractivity contribution in [3.63, 3.8) is 0 Å². The SMILES string of the molecule is COc1ccc(CN(C)Cn2nc(-c3cccs3)n(C[C@H]3CCCO3)c2=S)cc1OC. The van der Waals surface area contributed by atoms with Gasteiger partial charge in [0.15, 0.2) is 22.1 Å². The number of thiophene rings is 1. The molecule has 7 nitrogen and oxygen atoms in total. The molecule has 0 bridgehead atoms. The summed E-state index contributed by atoms with van der Waals surface area (Å²) in [5.74, 6) is 2.37. The Morgan fingerprint density at radius 2 is 2.10 bits per heavy atom. The van der Waals surface area contributed by atoms with Crippen LogP contribution in [0.15, 0.2) is 35.7 Å². The second kappa shape index (κ2) is 9.95. The van der Waals surface area contributed by atoms with E-state index < -0.39 is 0 Å². The molecule has 31 heavy (non-hydrogen) atoms. The second-order valence-electron chi connectivity index (χ2n) is 7.67. The predicted molar refractivity (Wildman–Crippen MR) is 124 cm³/mol. The van der Waals surface area contributed by atoms with Gasteiger partial charge in [-0.25, -0.2) is 4.68 Å². The average molecular weight is 461 g/mol. The molecule has 3 aromatic rings. The third kappa shape index (κ3) is 5.01. The van der Waals surface area contributed by atoms with Crippen molar-refractivity contribution in [1.29, 1.82) is 0 Å². The van der Waals surface area contributed by atoms with Gasteiger partial charge in [-0.15, -0.1) is 16.4 Å². The minimum Gasteiger partial charge on any atom is -0.493 e. The highest BCUT2D eigenvalue weighted by Crippen LogP contribution is 2.28. The van der Waals surface area contributed by atoms with E-state index in [0.29, 0.717) is 6.67 Å². The normalized spacial score (nSPS) is 16.2. The fourth-order valence-electron chi connectivity index (χ4n) is 3.85. The van der Waals surface area contributed by atoms with Gasteiger partial charge < -0.3 is 14.2 Å². The molecule has 0 saturated carbocycles. The van der Waals surface area contributed by atoms with Crippen LogP contribution in [0.1, 0.15) is 18.4 Å². The molecule has 3 heterocycles. The second-order valence-corrected chi connectivity index (χ2v) is 8.99. The van der Waals surface area contributed by atoms with Gasteiger partial charge in [-0.1, -0.05) is 12.1 Å². The van der Waals surface area contributed by atoms with E-state index in [1.807, 2.05) is 28.9 Å². The number of ether oxygens (including phenoxy) is 3. The Labute approximate surface area is 191 Å². The minimum atomic E-state index is 0.201. The first-order chi connectivity index (χ1) is 15.1. The molecule has 9 heteroatoms. The quantitative estimate of drug-likeness (QED) is 0.441. The molecule has 1 aromatic carbocycles. The molecule has 2 aromatic heterocycles. The number of hydrogen-bond acceptors (Lipinski definition) is 7. The van der Waals surface area contributed by atoms with Gasteiger partial charge in [-0.05, 0) is 61.2 Å². The molecular formula is C22H28N4O3S2. The van der Waals surface area contributed by atoms with Crippen LogP contribution >= 0.6 is 23.6 Å². The van der Waals surface area contributed by atoms with Crippen molar-refractivity contribution in [1.82, 2.24) is 19.2 Å². The molecule has 0 N–H and O–H groups in total. The van der Waals surface area contributed by atoms with Crippen LogP contribution in [0.2, 0.25) is 0 Å². The van der Waals surface area contributed by atoms with Crippen LogP contribution in [-0.4, -0.2) is 53.2 Å². The first kappa shape index (κ1) is 22.0. The summed E-state index contributed by atoms with van der Waals surface area (Å²) in [4.78, 5) is 3.30. The molecule has 0 amide bonds. The fourth-order valence-corrected chi connectivity index (χ4v) is 4.82. The monoisotopic (exact) mass is 460 g/mol. The largest absolute Gasteiger partial charge is 0.493 e. The van der Waals surface area contributed by atoms with Crippen molar-refractivity contribution in [3.05, 3.63) is 46.0 Å². The zero-order valence-corrected chi connectivity index (χ0v) is 19.7. The predicted octanol–water partition coefficient (Wildman–Crippen LogP) is 4.43. The molecule has 4 rings (SSSR count). The molecular weight excluding hydrogens is 432 g/mol. The summed E-state index contributed by atoms with van der Waals surface area (Å²) in [6, 6.07) is 10.1. The van der Waals surface area contributed by atoms with Crippen molar-refractivity contribution in [3.8, 4) is 22.2 Å². The highest BCUT2D eigenvalue weighted by molar-refractivity contribution is 7.71. The van der Waals surface area contributed by atoms with E-state index in [2.05, 4.69) is 28.0 Å². The van der Waals surface area contributed by atoms with Gasteiger partial charge in [0, 0.05) is 13.2 Å². The Morgan fingerprint density at radius 1 is 1.26 bits per heavy atom. The smallest absolute Gasteiger partial charge is 0.199 e. The lowest BCUT2D eigenvalue weighted by molar-refractivity contribution is 0.0967. The highest BCUT2D eigenvalue weighted by Gasteiger charge is 2.21. The molecule has 166 valence electrons. The number of aromatic nitrogens is 3. The summed E-state index contributed by atoms with van der Waals surface area (Å²) in [5.41, 5.74) is 1.13. The summed E-state index contributed by atoms with van der Waals surface area (Å²) in [6.45, 7) is 2.89. The van der Waals surface area contributed by atoms with Crippen molar-refractivity contribution < 1.29 is 14.2 Å². The van der Waals surface area contributed by atoms with Crippen molar-refractivity contribution in [2.24, 2.45) is 0 Å². The standard InChI is InChI=1S/C22H28N4O3S2/c1-24(13-16-8-9-18(27-2)19(12-16)28-3)15-26-22(30)25(14-17-6-4-10-29-17)21(23-26)20-7-5-11-31-20/h5,7-9,11-12,17H,4,6,10,13-15H2,1-3H3/t17-/m1/s1. The molecule has 1 saturated heterocycles. The first-order valence-electron chi connectivity index (χ1n) is 10.3. The van der Waals surface area contributed by atoms with E-state index in [1.165, 1.54) is 0 Å². The zero-order chi connectivity index (χ0) is 21.8. The van der Waals surface area contributed by atoms with Gasteiger partial charge in [0.25, 0.3) is 0 Å². The van der Waals surface area contributed by atoms with Crippen LogP contribution in [0.25, 0.3) is 10.7 Å². The van der Waals surface area contributed by atoms with Crippen LogP contribution in [0.5, 0.6) is 11.5 Å².